The van der Waals surface area contributed by atoms with E-state index in [0.29, 0.717) is 15.0 Å². The van der Waals surface area contributed by atoms with E-state index in [1.165, 1.54) is 31.4 Å². The molecular weight excluding hydrogens is 371 g/mol. The zero-order valence-corrected chi connectivity index (χ0v) is 17.4. The molecule has 2 unspecified atom stereocenters. The van der Waals surface area contributed by atoms with Gasteiger partial charge >= 0.3 is 158 Å². The molecule has 0 amide bonds. The van der Waals surface area contributed by atoms with E-state index >= 15 is 0 Å². The van der Waals surface area contributed by atoms with Crippen molar-refractivity contribution in [3.05, 3.63) is 47.5 Å². The Morgan fingerprint density at radius 2 is 1.24 bits per heavy atom. The first-order valence-electron chi connectivity index (χ1n) is 9.42. The molecule has 4 rings (SSSR count). The molecule has 2 aromatic rings. The molecule has 2 aliphatic heterocycles. The van der Waals surface area contributed by atoms with Crippen LogP contribution in [0.2, 0.25) is 0 Å². The van der Waals surface area contributed by atoms with Crippen LogP contribution >= 0.6 is 0 Å². The first-order valence-corrected chi connectivity index (χ1v) is 11.1. The molecule has 0 aromatic heterocycles. The van der Waals surface area contributed by atoms with Gasteiger partial charge in [0.25, 0.3) is 0 Å². The summed E-state index contributed by atoms with van der Waals surface area (Å²) in [6.45, 7) is 9.20. The van der Waals surface area contributed by atoms with Crippen molar-refractivity contribution < 1.29 is 0 Å². The van der Waals surface area contributed by atoms with Crippen LogP contribution < -0.4 is 19.6 Å². The van der Waals surface area contributed by atoms with Crippen molar-refractivity contribution in [1.82, 2.24) is 0 Å². The molecule has 2 aliphatic rings. The summed E-state index contributed by atoms with van der Waals surface area (Å²) in [5.41, 5.74) is 6.12. The Balaban J connectivity index is 1.54. The Hall–Kier alpha value is -1.44. The quantitative estimate of drug-likeness (QED) is 0.768. The van der Waals surface area contributed by atoms with Crippen LogP contribution in [0.25, 0.3) is 0 Å². The molecule has 2 heterocycles. The number of hydrogen-bond acceptors (Lipinski definition) is 2. The molecule has 0 aliphatic carbocycles. The summed E-state index contributed by atoms with van der Waals surface area (Å²) in [6.07, 6.45) is 4.61. The zero-order chi connectivity index (χ0) is 17.7. The van der Waals surface area contributed by atoms with Crippen molar-refractivity contribution in [2.24, 2.45) is 0 Å². The Kier molecular flexibility index (Phi) is 4.13. The zero-order valence-electron chi connectivity index (χ0n) is 15.7. The third-order valence-corrected chi connectivity index (χ3v) is 8.04. The van der Waals surface area contributed by atoms with Gasteiger partial charge < -0.3 is 0 Å². The van der Waals surface area contributed by atoms with Gasteiger partial charge in [0, 0.05) is 0 Å². The molecule has 0 bridgehead atoms. The topological polar surface area (TPSA) is 24.1 Å². The van der Waals surface area contributed by atoms with Crippen LogP contribution in [0.1, 0.15) is 51.7 Å². The van der Waals surface area contributed by atoms with Crippen molar-refractivity contribution in [1.29, 1.82) is 0 Å². The summed E-state index contributed by atoms with van der Waals surface area (Å²) < 4.78 is 2.97. The minimum absolute atomic E-state index is 0.234. The maximum atomic E-state index is 3.70. The average Bonchev–Trinajstić information content (AvgIpc) is 3.11. The molecule has 2 nitrogen and oxygen atoms in total. The first kappa shape index (κ1) is 17.0. The molecule has 0 spiro atoms. The van der Waals surface area contributed by atoms with E-state index in [4.69, 9.17) is 0 Å². The molecule has 132 valence electrons. The molecule has 0 radical (unpaired) electrons. The molecule has 0 saturated heterocycles. The summed E-state index contributed by atoms with van der Waals surface area (Å²) in [5, 5.41) is 7.40. The van der Waals surface area contributed by atoms with Crippen molar-refractivity contribution in [2.45, 2.75) is 64.5 Å². The van der Waals surface area contributed by atoms with Gasteiger partial charge in [-0.25, -0.2) is 0 Å². The Labute approximate surface area is 158 Å². The van der Waals surface area contributed by atoms with Gasteiger partial charge in [-0.2, -0.15) is 0 Å². The second-order valence-electron chi connectivity index (χ2n) is 8.17. The van der Waals surface area contributed by atoms with Gasteiger partial charge in [-0.05, 0) is 0 Å². The predicted octanol–water partition coefficient (Wildman–Crippen LogP) is 3.62. The predicted molar refractivity (Wildman–Crippen MR) is 110 cm³/mol. The van der Waals surface area contributed by atoms with E-state index in [-0.39, 0.29) is 11.1 Å². The SMILES string of the molecule is CCC1(C)Cc2cc([Se]c3ccc4c(c3)CC(C)(CC)N4)ccc2N1. The summed E-state index contributed by atoms with van der Waals surface area (Å²) >= 11 is 0.375. The third-order valence-electron chi connectivity index (χ3n) is 5.98. The second kappa shape index (κ2) is 6.07. The Morgan fingerprint density at radius 3 is 1.64 bits per heavy atom. The minimum atomic E-state index is 0.234. The van der Waals surface area contributed by atoms with E-state index < -0.39 is 0 Å². The normalized spacial score (nSPS) is 26.7. The van der Waals surface area contributed by atoms with Gasteiger partial charge in [0.15, 0.2) is 0 Å². The van der Waals surface area contributed by atoms with Crippen LogP contribution in [0.4, 0.5) is 11.4 Å². The Morgan fingerprint density at radius 1 is 0.800 bits per heavy atom. The number of rotatable bonds is 4. The number of fused-ring (bicyclic) bond motifs is 2. The molecule has 25 heavy (non-hydrogen) atoms. The number of anilines is 2. The van der Waals surface area contributed by atoms with E-state index in [0.717, 1.165) is 25.7 Å². The standard InChI is InChI=1S/C22H28N2Se/c1-5-21(3)13-15-11-17(7-9-19(15)23-21)25-18-8-10-20-16(12-18)14-22(4,6-2)24-20/h7-12,23-24H,5-6,13-14H2,1-4H3. The van der Waals surface area contributed by atoms with Crippen molar-refractivity contribution in [3.8, 4) is 0 Å². The fourth-order valence-corrected chi connectivity index (χ4v) is 5.93. The van der Waals surface area contributed by atoms with Crippen LogP contribution in [0.5, 0.6) is 0 Å². The summed E-state index contributed by atoms with van der Waals surface area (Å²) in [5.74, 6) is 0. The van der Waals surface area contributed by atoms with Gasteiger partial charge in [-0.3, -0.25) is 0 Å². The monoisotopic (exact) mass is 400 g/mol. The molecule has 2 atom stereocenters. The number of hydrogen-bond donors (Lipinski definition) is 2. The van der Waals surface area contributed by atoms with Crippen LogP contribution in [-0.4, -0.2) is 26.0 Å². The van der Waals surface area contributed by atoms with Crippen LogP contribution in [0.15, 0.2) is 36.4 Å². The number of nitrogens with one attached hydrogen (secondary N) is 2. The molecule has 3 heteroatoms. The van der Waals surface area contributed by atoms with Crippen LogP contribution in [-0.2, 0) is 12.8 Å². The van der Waals surface area contributed by atoms with Gasteiger partial charge in [0.05, 0.1) is 0 Å². The fourth-order valence-electron chi connectivity index (χ4n) is 3.95. The van der Waals surface area contributed by atoms with Gasteiger partial charge in [-0.15, -0.1) is 0 Å². The van der Waals surface area contributed by atoms with Gasteiger partial charge in [-0.1, -0.05) is 0 Å². The van der Waals surface area contributed by atoms with Gasteiger partial charge in [0.2, 0.25) is 0 Å². The molecule has 0 fully saturated rings. The second-order valence-corrected chi connectivity index (χ2v) is 10.6. The third kappa shape index (κ3) is 3.20. The molecular formula is C22H28N2Se. The molecule has 2 N–H and O–H groups in total. The fraction of sp³-hybridized carbons (Fsp3) is 0.455. The van der Waals surface area contributed by atoms with E-state index in [2.05, 4.69) is 74.7 Å². The first-order chi connectivity index (χ1) is 11.9. The van der Waals surface area contributed by atoms with Crippen molar-refractivity contribution in [3.63, 3.8) is 0 Å². The van der Waals surface area contributed by atoms with Crippen LogP contribution in [0.3, 0.4) is 0 Å². The van der Waals surface area contributed by atoms with Crippen molar-refractivity contribution >= 4 is 35.3 Å². The van der Waals surface area contributed by atoms with E-state index in [1.807, 2.05) is 0 Å². The van der Waals surface area contributed by atoms with Gasteiger partial charge in [0.1, 0.15) is 0 Å². The molecule has 0 saturated carbocycles. The maximum absolute atomic E-state index is 3.70. The summed E-state index contributed by atoms with van der Waals surface area (Å²) in [6, 6.07) is 14.1. The molecule has 2 aromatic carbocycles. The summed E-state index contributed by atoms with van der Waals surface area (Å²) in [4.78, 5) is 0. The number of benzene rings is 2. The average molecular weight is 399 g/mol. The Bertz CT molecular complexity index is 748. The van der Waals surface area contributed by atoms with E-state index in [1.54, 1.807) is 0 Å². The van der Waals surface area contributed by atoms with Crippen LogP contribution in [0, 0.1) is 0 Å². The van der Waals surface area contributed by atoms with Crippen molar-refractivity contribution in [2.75, 3.05) is 10.6 Å². The van der Waals surface area contributed by atoms with E-state index in [9.17, 15) is 0 Å². The summed E-state index contributed by atoms with van der Waals surface area (Å²) in [7, 11) is 0.